The summed E-state index contributed by atoms with van der Waals surface area (Å²) in [5, 5.41) is 9.92. The molecular formula is C14H13N3OS3. The second-order valence-electron chi connectivity index (χ2n) is 5.35. The molecule has 2 aliphatic carbocycles. The first-order valence-electron chi connectivity index (χ1n) is 6.78. The summed E-state index contributed by atoms with van der Waals surface area (Å²) in [6.07, 6.45) is 1.10. The molecule has 108 valence electrons. The number of hydrogen-bond donors (Lipinski definition) is 2. The number of fused-ring (bicyclic) bond motifs is 3. The number of aromatic nitrogens is 2. The number of hydrogen-bond acceptors (Lipinski definition) is 5. The van der Waals surface area contributed by atoms with Gasteiger partial charge in [0, 0.05) is 12.0 Å². The summed E-state index contributed by atoms with van der Waals surface area (Å²) in [4.78, 5) is 12.0. The van der Waals surface area contributed by atoms with Gasteiger partial charge in [0.25, 0.3) is 0 Å². The maximum atomic E-state index is 12.0. The lowest BCUT2D eigenvalue weighted by molar-refractivity contribution is -0.118. The second kappa shape index (κ2) is 5.23. The van der Waals surface area contributed by atoms with Crippen LogP contribution < -0.4 is 5.32 Å². The van der Waals surface area contributed by atoms with E-state index in [-0.39, 0.29) is 5.91 Å². The number of H-pyrrole nitrogens is 1. The van der Waals surface area contributed by atoms with Crippen LogP contribution in [0.4, 0.5) is 0 Å². The largest absolute Gasteiger partial charge is 0.352 e. The molecule has 4 rings (SSSR count). The number of thioether (sulfide) groups is 1. The van der Waals surface area contributed by atoms with Crippen LogP contribution in [0.1, 0.15) is 17.0 Å². The average molecular weight is 335 g/mol. The van der Waals surface area contributed by atoms with Crippen molar-refractivity contribution in [2.24, 2.45) is 5.92 Å². The molecule has 1 heterocycles. The average Bonchev–Trinajstić information content (AvgIpc) is 2.86. The van der Waals surface area contributed by atoms with Crippen molar-refractivity contribution in [3.63, 3.8) is 0 Å². The van der Waals surface area contributed by atoms with Crippen LogP contribution in [0.2, 0.25) is 0 Å². The number of carbonyl (C=O) groups is 1. The van der Waals surface area contributed by atoms with Gasteiger partial charge in [0.2, 0.25) is 5.91 Å². The summed E-state index contributed by atoms with van der Waals surface area (Å²) in [5.41, 5.74) is 2.87. The van der Waals surface area contributed by atoms with Crippen LogP contribution >= 0.6 is 35.3 Å². The fourth-order valence-electron chi connectivity index (χ4n) is 3.18. The quantitative estimate of drug-likeness (QED) is 0.666. The Morgan fingerprint density at radius 1 is 1.52 bits per heavy atom. The molecular weight excluding hydrogens is 322 g/mol. The Kier molecular flexibility index (Phi) is 3.35. The third-order valence-electron chi connectivity index (χ3n) is 4.11. The zero-order valence-electron chi connectivity index (χ0n) is 11.0. The van der Waals surface area contributed by atoms with Crippen molar-refractivity contribution in [2.45, 2.75) is 22.7 Å². The molecule has 1 fully saturated rings. The van der Waals surface area contributed by atoms with Gasteiger partial charge < -0.3 is 5.32 Å². The highest BCUT2D eigenvalue weighted by Gasteiger charge is 2.56. The molecule has 0 saturated heterocycles. The monoisotopic (exact) mass is 335 g/mol. The van der Waals surface area contributed by atoms with Crippen molar-refractivity contribution in [1.82, 2.24) is 15.5 Å². The zero-order chi connectivity index (χ0) is 14.4. The van der Waals surface area contributed by atoms with Crippen molar-refractivity contribution in [3.8, 4) is 0 Å². The molecule has 21 heavy (non-hydrogen) atoms. The van der Waals surface area contributed by atoms with Crippen molar-refractivity contribution in [2.75, 3.05) is 5.75 Å². The molecule has 2 aliphatic rings. The Morgan fingerprint density at radius 2 is 2.38 bits per heavy atom. The first-order valence-corrected chi connectivity index (χ1v) is 8.99. The highest BCUT2D eigenvalue weighted by atomic mass is 32.2. The SMILES string of the molecule is O=C(CSc1n[nH]c(=S)s1)N[C@@H]1[C@H]2Cc3ccccc3[C@H]21. The smallest absolute Gasteiger partial charge is 0.230 e. The van der Waals surface area contributed by atoms with Gasteiger partial charge in [-0.1, -0.05) is 47.4 Å². The Morgan fingerprint density at radius 3 is 3.19 bits per heavy atom. The van der Waals surface area contributed by atoms with E-state index in [2.05, 4.69) is 39.8 Å². The van der Waals surface area contributed by atoms with Crippen LogP contribution in [0.15, 0.2) is 28.6 Å². The first-order chi connectivity index (χ1) is 10.2. The van der Waals surface area contributed by atoms with E-state index < -0.39 is 0 Å². The molecule has 0 spiro atoms. The van der Waals surface area contributed by atoms with E-state index in [0.717, 1.165) is 10.8 Å². The molecule has 3 atom stereocenters. The molecule has 2 N–H and O–H groups in total. The molecule has 7 heteroatoms. The van der Waals surface area contributed by atoms with Gasteiger partial charge in [0.05, 0.1) is 5.75 Å². The van der Waals surface area contributed by atoms with E-state index in [0.29, 0.717) is 27.6 Å². The summed E-state index contributed by atoms with van der Waals surface area (Å²) < 4.78 is 1.46. The Hall–Kier alpha value is -1.18. The van der Waals surface area contributed by atoms with Gasteiger partial charge in [-0.15, -0.1) is 0 Å². The van der Waals surface area contributed by atoms with Crippen molar-refractivity contribution < 1.29 is 4.79 Å². The minimum atomic E-state index is 0.0815. The molecule has 1 amide bonds. The van der Waals surface area contributed by atoms with Gasteiger partial charge in [0.1, 0.15) is 0 Å². The highest BCUT2D eigenvalue weighted by molar-refractivity contribution is 8.01. The van der Waals surface area contributed by atoms with Crippen molar-refractivity contribution >= 4 is 41.2 Å². The molecule has 0 radical (unpaired) electrons. The fraction of sp³-hybridized carbons (Fsp3) is 0.357. The van der Waals surface area contributed by atoms with Crippen LogP contribution in [0.3, 0.4) is 0 Å². The van der Waals surface area contributed by atoms with Gasteiger partial charge in [-0.05, 0) is 35.7 Å². The molecule has 1 saturated carbocycles. The summed E-state index contributed by atoms with van der Waals surface area (Å²) in [5.74, 6) is 1.61. The van der Waals surface area contributed by atoms with Crippen LogP contribution in [-0.2, 0) is 11.2 Å². The number of benzene rings is 1. The first kappa shape index (κ1) is 13.5. The minimum Gasteiger partial charge on any atom is -0.352 e. The molecule has 4 nitrogen and oxygen atoms in total. The van der Waals surface area contributed by atoms with E-state index in [4.69, 9.17) is 12.2 Å². The summed E-state index contributed by atoms with van der Waals surface area (Å²) >= 11 is 7.80. The third kappa shape index (κ3) is 2.54. The lowest BCUT2D eigenvalue weighted by Crippen LogP contribution is -2.30. The van der Waals surface area contributed by atoms with Gasteiger partial charge in [-0.2, -0.15) is 5.10 Å². The molecule has 1 aromatic carbocycles. The second-order valence-corrected chi connectivity index (χ2v) is 8.24. The fourth-order valence-corrected chi connectivity index (χ4v) is 5.07. The van der Waals surface area contributed by atoms with Crippen LogP contribution in [-0.4, -0.2) is 27.9 Å². The lowest BCUT2D eigenvalue weighted by Gasteiger charge is -2.09. The number of rotatable bonds is 4. The van der Waals surface area contributed by atoms with Crippen LogP contribution in [0.5, 0.6) is 0 Å². The van der Waals surface area contributed by atoms with Crippen molar-refractivity contribution in [3.05, 3.63) is 39.3 Å². The van der Waals surface area contributed by atoms with E-state index in [1.54, 1.807) is 0 Å². The number of amides is 1. The predicted molar refractivity (Wildman–Crippen MR) is 86.3 cm³/mol. The van der Waals surface area contributed by atoms with E-state index in [1.165, 1.54) is 34.2 Å². The predicted octanol–water partition coefficient (Wildman–Crippen LogP) is 2.75. The summed E-state index contributed by atoms with van der Waals surface area (Å²) in [6.45, 7) is 0. The zero-order valence-corrected chi connectivity index (χ0v) is 13.5. The van der Waals surface area contributed by atoms with E-state index in [9.17, 15) is 4.79 Å². The topological polar surface area (TPSA) is 57.8 Å². The van der Waals surface area contributed by atoms with Gasteiger partial charge in [-0.3, -0.25) is 9.89 Å². The number of nitrogens with one attached hydrogen (secondary N) is 2. The van der Waals surface area contributed by atoms with Gasteiger partial charge in [-0.25, -0.2) is 0 Å². The van der Waals surface area contributed by atoms with Crippen LogP contribution in [0.25, 0.3) is 0 Å². The Balaban J connectivity index is 1.32. The van der Waals surface area contributed by atoms with Gasteiger partial charge >= 0.3 is 0 Å². The maximum Gasteiger partial charge on any atom is 0.230 e. The lowest BCUT2D eigenvalue weighted by atomic mass is 10.1. The highest BCUT2D eigenvalue weighted by Crippen LogP contribution is 2.56. The summed E-state index contributed by atoms with van der Waals surface area (Å²) in [7, 11) is 0. The van der Waals surface area contributed by atoms with Crippen molar-refractivity contribution in [1.29, 1.82) is 0 Å². The number of carbonyl (C=O) groups excluding carboxylic acids is 1. The summed E-state index contributed by atoms with van der Waals surface area (Å²) in [6, 6.07) is 8.88. The number of nitrogens with zero attached hydrogens (tertiary/aromatic N) is 1. The van der Waals surface area contributed by atoms with E-state index >= 15 is 0 Å². The standard InChI is InChI=1S/C14H13N3OS3/c18-10(6-20-14-17-16-13(19)21-14)15-12-9-5-7-3-1-2-4-8(7)11(9)12/h1-4,9,11-12H,5-6H2,(H,15,18)(H,16,19)/t9-,11+,12+/m0/s1. The Labute approximate surface area is 135 Å². The minimum absolute atomic E-state index is 0.0815. The Bertz CT molecular complexity index is 754. The van der Waals surface area contributed by atoms with E-state index in [1.807, 2.05) is 0 Å². The molecule has 0 bridgehead atoms. The molecule has 0 unspecified atom stereocenters. The maximum absolute atomic E-state index is 12.0. The third-order valence-corrected chi connectivity index (χ3v) is 6.34. The van der Waals surface area contributed by atoms with Gasteiger partial charge in [0.15, 0.2) is 8.29 Å². The normalized spacial score (nSPS) is 25.2. The molecule has 0 aliphatic heterocycles. The molecule has 2 aromatic rings. The van der Waals surface area contributed by atoms with Crippen LogP contribution in [0, 0.1) is 9.87 Å². The number of aromatic amines is 1. The molecule has 1 aromatic heterocycles.